The Morgan fingerprint density at radius 3 is 2.91 bits per heavy atom. The Hall–Kier alpha value is -0.870. The van der Waals surface area contributed by atoms with Gasteiger partial charge < -0.3 is 0 Å². The summed E-state index contributed by atoms with van der Waals surface area (Å²) in [6, 6.07) is 0. The first-order valence-corrected chi connectivity index (χ1v) is 4.27. The van der Waals surface area contributed by atoms with E-state index in [1.54, 1.807) is 11.3 Å². The summed E-state index contributed by atoms with van der Waals surface area (Å²) < 4.78 is 0. The van der Waals surface area contributed by atoms with Gasteiger partial charge in [0, 0.05) is 16.3 Å². The maximum atomic E-state index is 5.85. The van der Waals surface area contributed by atoms with Crippen LogP contribution in [0, 0.1) is 0 Å². The first-order chi connectivity index (χ1) is 5.38. The van der Waals surface area contributed by atoms with Gasteiger partial charge in [-0.1, -0.05) is 11.6 Å². The molecule has 0 bridgehead atoms. The topological polar surface area (TPSA) is 41.6 Å². The number of H-pyrrole nitrogens is 1. The average molecular weight is 186 g/mol. The molecule has 0 amide bonds. The molecule has 0 aliphatic heterocycles. The van der Waals surface area contributed by atoms with Gasteiger partial charge >= 0.3 is 0 Å². The standard InChI is InChI=1S/C6H4ClN3S/c7-5-2-11-1-4(5)6-8-3-9-10-6/h1-3H,(H,8,9,10). The van der Waals surface area contributed by atoms with Gasteiger partial charge in [0.2, 0.25) is 0 Å². The van der Waals surface area contributed by atoms with Crippen LogP contribution in [-0.4, -0.2) is 15.2 Å². The molecule has 0 spiro atoms. The molecule has 56 valence electrons. The van der Waals surface area contributed by atoms with Crippen molar-refractivity contribution in [3.05, 3.63) is 22.1 Å². The molecule has 0 aromatic carbocycles. The molecule has 0 atom stereocenters. The molecule has 0 unspecified atom stereocenters. The monoisotopic (exact) mass is 185 g/mol. The van der Waals surface area contributed by atoms with Crippen molar-refractivity contribution in [2.45, 2.75) is 0 Å². The maximum absolute atomic E-state index is 5.85. The zero-order valence-corrected chi connectivity index (χ0v) is 6.99. The quantitative estimate of drug-likeness (QED) is 0.740. The fourth-order valence-electron chi connectivity index (χ4n) is 0.786. The summed E-state index contributed by atoms with van der Waals surface area (Å²) >= 11 is 7.40. The molecular weight excluding hydrogens is 182 g/mol. The van der Waals surface area contributed by atoms with Crippen LogP contribution in [-0.2, 0) is 0 Å². The van der Waals surface area contributed by atoms with Crippen molar-refractivity contribution < 1.29 is 0 Å². The molecule has 1 N–H and O–H groups in total. The van der Waals surface area contributed by atoms with E-state index < -0.39 is 0 Å². The second-order valence-corrected chi connectivity index (χ2v) is 3.12. The van der Waals surface area contributed by atoms with Crippen LogP contribution in [0.15, 0.2) is 17.1 Å². The Morgan fingerprint density at radius 1 is 1.45 bits per heavy atom. The van der Waals surface area contributed by atoms with E-state index >= 15 is 0 Å². The lowest BCUT2D eigenvalue weighted by Gasteiger charge is -1.88. The minimum Gasteiger partial charge on any atom is -0.259 e. The second-order valence-electron chi connectivity index (χ2n) is 1.97. The third-order valence-corrected chi connectivity index (χ3v) is 2.47. The minimum atomic E-state index is 0.715. The molecule has 11 heavy (non-hydrogen) atoms. The highest BCUT2D eigenvalue weighted by molar-refractivity contribution is 7.08. The molecule has 3 nitrogen and oxygen atoms in total. The van der Waals surface area contributed by atoms with Crippen molar-refractivity contribution in [1.82, 2.24) is 15.2 Å². The molecule has 0 saturated heterocycles. The van der Waals surface area contributed by atoms with Crippen molar-refractivity contribution >= 4 is 22.9 Å². The third-order valence-electron chi connectivity index (χ3n) is 1.28. The van der Waals surface area contributed by atoms with Gasteiger partial charge in [0.1, 0.15) is 6.33 Å². The van der Waals surface area contributed by atoms with Crippen molar-refractivity contribution in [2.24, 2.45) is 0 Å². The Bertz CT molecular complexity index is 340. The summed E-state index contributed by atoms with van der Waals surface area (Å²) in [4.78, 5) is 3.98. The second kappa shape index (κ2) is 2.64. The van der Waals surface area contributed by atoms with Crippen LogP contribution in [0.1, 0.15) is 0 Å². The van der Waals surface area contributed by atoms with Gasteiger partial charge in [0.25, 0.3) is 0 Å². The predicted octanol–water partition coefficient (Wildman–Crippen LogP) is 2.19. The van der Waals surface area contributed by atoms with Crippen molar-refractivity contribution in [1.29, 1.82) is 0 Å². The number of aromatic amines is 1. The number of nitrogens with one attached hydrogen (secondary N) is 1. The van der Waals surface area contributed by atoms with Crippen LogP contribution in [0.2, 0.25) is 5.02 Å². The van der Waals surface area contributed by atoms with Gasteiger partial charge in [-0.2, -0.15) is 16.4 Å². The molecule has 0 aliphatic rings. The fraction of sp³-hybridized carbons (Fsp3) is 0. The van der Waals surface area contributed by atoms with Crippen LogP contribution in [0.3, 0.4) is 0 Å². The Morgan fingerprint density at radius 2 is 2.36 bits per heavy atom. The van der Waals surface area contributed by atoms with E-state index in [0.717, 1.165) is 11.4 Å². The number of rotatable bonds is 1. The van der Waals surface area contributed by atoms with Gasteiger partial charge in [-0.25, -0.2) is 4.98 Å². The lowest BCUT2D eigenvalue weighted by atomic mass is 10.3. The highest BCUT2D eigenvalue weighted by atomic mass is 35.5. The summed E-state index contributed by atoms with van der Waals surface area (Å²) in [5.74, 6) is 0.719. The summed E-state index contributed by atoms with van der Waals surface area (Å²) in [7, 11) is 0. The maximum Gasteiger partial charge on any atom is 0.157 e. The number of thiophene rings is 1. The SMILES string of the molecule is Clc1cscc1-c1ncn[nH]1. The molecule has 2 heterocycles. The van der Waals surface area contributed by atoms with Gasteiger partial charge in [-0.3, -0.25) is 5.10 Å². The van der Waals surface area contributed by atoms with Crippen molar-refractivity contribution in [2.75, 3.05) is 0 Å². The van der Waals surface area contributed by atoms with Crippen molar-refractivity contribution in [3.8, 4) is 11.4 Å². The molecular formula is C6H4ClN3S. The summed E-state index contributed by atoms with van der Waals surface area (Å²) in [6.07, 6.45) is 1.46. The number of hydrogen-bond acceptors (Lipinski definition) is 3. The van der Waals surface area contributed by atoms with Gasteiger partial charge in [-0.15, -0.1) is 0 Å². The lowest BCUT2D eigenvalue weighted by molar-refractivity contribution is 1.10. The average Bonchev–Trinajstić information content (AvgIpc) is 2.55. The first-order valence-electron chi connectivity index (χ1n) is 2.95. The van der Waals surface area contributed by atoms with Crippen molar-refractivity contribution in [3.63, 3.8) is 0 Å². The van der Waals surface area contributed by atoms with E-state index in [1.807, 2.05) is 10.8 Å². The smallest absolute Gasteiger partial charge is 0.157 e. The van der Waals surface area contributed by atoms with E-state index in [1.165, 1.54) is 6.33 Å². The minimum absolute atomic E-state index is 0.715. The van der Waals surface area contributed by atoms with Crippen LogP contribution >= 0.6 is 22.9 Å². The zero-order chi connectivity index (χ0) is 7.68. The molecule has 2 aromatic rings. The molecule has 0 fully saturated rings. The van der Waals surface area contributed by atoms with Gasteiger partial charge in [-0.05, 0) is 0 Å². The van der Waals surface area contributed by atoms with E-state index in [-0.39, 0.29) is 0 Å². The Balaban J connectivity index is 2.53. The largest absolute Gasteiger partial charge is 0.259 e. The number of halogens is 1. The molecule has 5 heteroatoms. The van der Waals surface area contributed by atoms with Gasteiger partial charge in [0.05, 0.1) is 5.02 Å². The first kappa shape index (κ1) is 6.82. The van der Waals surface area contributed by atoms with Crippen LogP contribution < -0.4 is 0 Å². The van der Waals surface area contributed by atoms with Gasteiger partial charge in [0.15, 0.2) is 5.82 Å². The number of nitrogens with zero attached hydrogens (tertiary/aromatic N) is 2. The third kappa shape index (κ3) is 1.15. The highest BCUT2D eigenvalue weighted by Crippen LogP contribution is 2.27. The predicted molar refractivity (Wildman–Crippen MR) is 44.7 cm³/mol. The molecule has 2 rings (SSSR count). The summed E-state index contributed by atoms with van der Waals surface area (Å²) in [5.41, 5.74) is 0.911. The van der Waals surface area contributed by atoms with E-state index in [2.05, 4.69) is 15.2 Å². The fourth-order valence-corrected chi connectivity index (χ4v) is 1.84. The molecule has 0 radical (unpaired) electrons. The van der Waals surface area contributed by atoms with Crippen LogP contribution in [0.25, 0.3) is 11.4 Å². The zero-order valence-electron chi connectivity index (χ0n) is 5.41. The van der Waals surface area contributed by atoms with E-state index in [0.29, 0.717) is 5.02 Å². The van der Waals surface area contributed by atoms with E-state index in [9.17, 15) is 0 Å². The highest BCUT2D eigenvalue weighted by Gasteiger charge is 2.05. The van der Waals surface area contributed by atoms with Crippen LogP contribution in [0.4, 0.5) is 0 Å². The number of aromatic nitrogens is 3. The molecule has 0 aliphatic carbocycles. The molecule has 2 aromatic heterocycles. The number of hydrogen-bond donors (Lipinski definition) is 1. The summed E-state index contributed by atoms with van der Waals surface area (Å²) in [5, 5.41) is 11.0. The Labute approximate surface area is 72.0 Å². The lowest BCUT2D eigenvalue weighted by Crippen LogP contribution is -1.76. The Kier molecular flexibility index (Phi) is 1.63. The normalized spacial score (nSPS) is 10.3. The summed E-state index contributed by atoms with van der Waals surface area (Å²) in [6.45, 7) is 0. The molecule has 0 saturated carbocycles. The van der Waals surface area contributed by atoms with E-state index in [4.69, 9.17) is 11.6 Å². The van der Waals surface area contributed by atoms with Crippen LogP contribution in [0.5, 0.6) is 0 Å².